The molecule has 0 aliphatic rings. The molecule has 1 N–H and O–H groups in total. The number of benzene rings is 1. The normalized spacial score (nSPS) is 10.2. The predicted octanol–water partition coefficient (Wildman–Crippen LogP) is 3.19. The lowest BCUT2D eigenvalue weighted by atomic mass is 10.3. The molecule has 1 heterocycles. The van der Waals surface area contributed by atoms with Crippen LogP contribution in [0, 0.1) is 5.82 Å². The number of nitrogens with one attached hydrogen (secondary N) is 1. The summed E-state index contributed by atoms with van der Waals surface area (Å²) < 4.78 is 13.7. The second-order valence-electron chi connectivity index (χ2n) is 3.65. The van der Waals surface area contributed by atoms with Crippen LogP contribution in [0.1, 0.15) is 0 Å². The van der Waals surface area contributed by atoms with Gasteiger partial charge in [-0.05, 0) is 40.2 Å². The predicted molar refractivity (Wildman–Crippen MR) is 73.7 cm³/mol. The van der Waals surface area contributed by atoms with E-state index in [9.17, 15) is 4.39 Å². The lowest BCUT2D eigenvalue weighted by Gasteiger charge is -2.20. The highest BCUT2D eigenvalue weighted by Gasteiger charge is 2.13. The van der Waals surface area contributed by atoms with E-state index >= 15 is 0 Å². The van der Waals surface area contributed by atoms with Crippen molar-refractivity contribution in [2.75, 3.05) is 24.3 Å². The lowest BCUT2D eigenvalue weighted by molar-refractivity contribution is 0.628. The number of hydrogen-bond acceptors (Lipinski definition) is 4. The molecule has 0 bridgehead atoms. The Balaban J connectivity index is 2.39. The van der Waals surface area contributed by atoms with Crippen LogP contribution in [0.4, 0.5) is 21.7 Å². The number of anilines is 3. The van der Waals surface area contributed by atoms with Crippen LogP contribution < -0.4 is 10.2 Å². The summed E-state index contributed by atoms with van der Waals surface area (Å²) in [5, 5.41) is 2.97. The zero-order valence-electron chi connectivity index (χ0n) is 9.98. The number of hydrogen-bond donors (Lipinski definition) is 1. The average Bonchev–Trinajstić information content (AvgIpc) is 2.39. The topological polar surface area (TPSA) is 41.1 Å². The van der Waals surface area contributed by atoms with E-state index in [2.05, 4.69) is 31.2 Å². The summed E-state index contributed by atoms with van der Waals surface area (Å²) in [7, 11) is 3.65. The second-order valence-corrected chi connectivity index (χ2v) is 4.44. The fraction of sp³-hybridized carbons (Fsp3) is 0.167. The minimum Gasteiger partial charge on any atom is -0.372 e. The largest absolute Gasteiger partial charge is 0.372 e. The zero-order chi connectivity index (χ0) is 13.1. The van der Waals surface area contributed by atoms with E-state index in [1.807, 2.05) is 11.9 Å². The van der Waals surface area contributed by atoms with Gasteiger partial charge in [-0.25, -0.2) is 14.4 Å². The van der Waals surface area contributed by atoms with Crippen molar-refractivity contribution in [2.24, 2.45) is 0 Å². The molecule has 0 saturated heterocycles. The van der Waals surface area contributed by atoms with E-state index < -0.39 is 0 Å². The molecule has 1 aromatic heterocycles. The van der Waals surface area contributed by atoms with Crippen molar-refractivity contribution in [3.05, 3.63) is 40.9 Å². The molecule has 0 aliphatic heterocycles. The maximum Gasteiger partial charge on any atom is 0.152 e. The van der Waals surface area contributed by atoms with E-state index in [0.29, 0.717) is 11.6 Å². The van der Waals surface area contributed by atoms with Gasteiger partial charge in [0, 0.05) is 19.8 Å². The third-order valence-electron chi connectivity index (χ3n) is 2.54. The molecule has 0 aliphatic carbocycles. The molecule has 0 radical (unpaired) electrons. The first-order valence-electron chi connectivity index (χ1n) is 5.31. The van der Waals surface area contributed by atoms with Gasteiger partial charge in [-0.3, -0.25) is 0 Å². The van der Waals surface area contributed by atoms with Gasteiger partial charge in [0.25, 0.3) is 0 Å². The zero-order valence-corrected chi connectivity index (χ0v) is 11.6. The monoisotopic (exact) mass is 310 g/mol. The van der Waals surface area contributed by atoms with Crippen LogP contribution in [0.2, 0.25) is 0 Å². The summed E-state index contributed by atoms with van der Waals surface area (Å²) in [6.45, 7) is 0. The second kappa shape index (κ2) is 5.30. The van der Waals surface area contributed by atoms with Gasteiger partial charge in [-0.2, -0.15) is 0 Å². The lowest BCUT2D eigenvalue weighted by Crippen LogP contribution is -2.13. The average molecular weight is 311 g/mol. The van der Waals surface area contributed by atoms with Gasteiger partial charge < -0.3 is 10.2 Å². The molecule has 94 valence electrons. The Morgan fingerprint density at radius 2 is 1.89 bits per heavy atom. The fourth-order valence-corrected chi connectivity index (χ4v) is 2.22. The molecule has 0 saturated carbocycles. The number of aromatic nitrogens is 2. The minimum atomic E-state index is -0.259. The Morgan fingerprint density at radius 1 is 1.22 bits per heavy atom. The molecular weight excluding hydrogens is 299 g/mol. The summed E-state index contributed by atoms with van der Waals surface area (Å²) in [4.78, 5) is 10.2. The molecule has 6 heteroatoms. The van der Waals surface area contributed by atoms with Crippen molar-refractivity contribution < 1.29 is 4.39 Å². The highest BCUT2D eigenvalue weighted by atomic mass is 79.9. The molecule has 0 fully saturated rings. The fourth-order valence-electron chi connectivity index (χ4n) is 1.56. The molecule has 0 atom stereocenters. The van der Waals surface area contributed by atoms with E-state index in [4.69, 9.17) is 0 Å². The van der Waals surface area contributed by atoms with Crippen molar-refractivity contribution in [3.63, 3.8) is 0 Å². The molecule has 1 aromatic carbocycles. The number of rotatable bonds is 3. The van der Waals surface area contributed by atoms with Crippen molar-refractivity contribution in [1.29, 1.82) is 0 Å². The van der Waals surface area contributed by atoms with Crippen molar-refractivity contribution in [3.8, 4) is 0 Å². The van der Waals surface area contributed by atoms with Crippen molar-refractivity contribution >= 4 is 33.3 Å². The molecule has 0 spiro atoms. The standard InChI is InChI=1S/C12H12BrFN4/c1-15-11-10(13)12(17-7-16-11)18(2)9-5-3-8(14)4-6-9/h3-7H,1-2H3,(H,15,16,17). The van der Waals surface area contributed by atoms with E-state index in [1.165, 1.54) is 18.5 Å². The van der Waals surface area contributed by atoms with Crippen LogP contribution in [-0.4, -0.2) is 24.1 Å². The van der Waals surface area contributed by atoms with Crippen LogP contribution in [0.5, 0.6) is 0 Å². The first-order chi connectivity index (χ1) is 8.63. The van der Waals surface area contributed by atoms with Gasteiger partial charge in [-0.15, -0.1) is 0 Å². The van der Waals surface area contributed by atoms with Crippen LogP contribution >= 0.6 is 15.9 Å². The smallest absolute Gasteiger partial charge is 0.152 e. The van der Waals surface area contributed by atoms with Crippen molar-refractivity contribution in [2.45, 2.75) is 0 Å². The maximum atomic E-state index is 12.9. The molecule has 0 unspecified atom stereocenters. The Hall–Kier alpha value is -1.69. The summed E-state index contributed by atoms with van der Waals surface area (Å²) >= 11 is 3.45. The maximum absolute atomic E-state index is 12.9. The van der Waals surface area contributed by atoms with Crippen LogP contribution in [-0.2, 0) is 0 Å². The number of nitrogens with zero attached hydrogens (tertiary/aromatic N) is 3. The third-order valence-corrected chi connectivity index (χ3v) is 3.27. The highest BCUT2D eigenvalue weighted by molar-refractivity contribution is 9.10. The molecule has 0 amide bonds. The van der Waals surface area contributed by atoms with Crippen LogP contribution in [0.3, 0.4) is 0 Å². The number of halogens is 2. The van der Waals surface area contributed by atoms with Gasteiger partial charge in [0.05, 0.1) is 0 Å². The summed E-state index contributed by atoms with van der Waals surface area (Å²) in [5.74, 6) is 1.15. The van der Waals surface area contributed by atoms with Gasteiger partial charge in [0.1, 0.15) is 22.4 Å². The van der Waals surface area contributed by atoms with Crippen LogP contribution in [0.15, 0.2) is 35.1 Å². The Kier molecular flexibility index (Phi) is 3.76. The van der Waals surface area contributed by atoms with E-state index in [-0.39, 0.29) is 5.82 Å². The Morgan fingerprint density at radius 3 is 2.50 bits per heavy atom. The quantitative estimate of drug-likeness (QED) is 0.945. The summed E-state index contributed by atoms with van der Waals surface area (Å²) in [6.07, 6.45) is 1.48. The van der Waals surface area contributed by atoms with Gasteiger partial charge >= 0.3 is 0 Å². The van der Waals surface area contributed by atoms with Gasteiger partial charge in [0.2, 0.25) is 0 Å². The Bertz CT molecular complexity index is 544. The van der Waals surface area contributed by atoms with Crippen molar-refractivity contribution in [1.82, 2.24) is 9.97 Å². The van der Waals surface area contributed by atoms with Gasteiger partial charge in [-0.1, -0.05) is 0 Å². The summed E-state index contributed by atoms with van der Waals surface area (Å²) in [6, 6.07) is 6.23. The first-order valence-corrected chi connectivity index (χ1v) is 6.10. The van der Waals surface area contributed by atoms with Gasteiger partial charge in [0.15, 0.2) is 5.82 Å². The molecule has 2 rings (SSSR count). The van der Waals surface area contributed by atoms with E-state index in [1.54, 1.807) is 19.2 Å². The molecule has 4 nitrogen and oxygen atoms in total. The first kappa shape index (κ1) is 12.8. The van der Waals surface area contributed by atoms with Crippen LogP contribution in [0.25, 0.3) is 0 Å². The van der Waals surface area contributed by atoms with E-state index in [0.717, 1.165) is 10.2 Å². The molecular formula is C12H12BrFN4. The third kappa shape index (κ3) is 2.43. The highest BCUT2D eigenvalue weighted by Crippen LogP contribution is 2.32. The molecule has 18 heavy (non-hydrogen) atoms. The minimum absolute atomic E-state index is 0.259. The summed E-state index contributed by atoms with van der Waals surface area (Å²) in [5.41, 5.74) is 0.845. The molecule has 2 aromatic rings. The SMILES string of the molecule is CNc1ncnc(N(C)c2ccc(F)cc2)c1Br. The Labute approximate surface area is 113 Å².